The van der Waals surface area contributed by atoms with Crippen LogP contribution in [0.1, 0.15) is 28.4 Å². The quantitative estimate of drug-likeness (QED) is 0.671. The van der Waals surface area contributed by atoms with Crippen LogP contribution < -0.4 is 11.3 Å². The summed E-state index contributed by atoms with van der Waals surface area (Å²) in [6.45, 7) is 1.62. The Morgan fingerprint density at radius 2 is 2.05 bits per heavy atom. The van der Waals surface area contributed by atoms with E-state index in [0.29, 0.717) is 16.8 Å². The van der Waals surface area contributed by atoms with E-state index in [-0.39, 0.29) is 0 Å². The fraction of sp³-hybridized carbons (Fsp3) is 0.308. The minimum Gasteiger partial charge on any atom is -0.340 e. The number of nitrogens with one attached hydrogen (secondary N) is 1. The lowest BCUT2D eigenvalue weighted by Gasteiger charge is -2.18. The molecule has 1 aromatic carbocycles. The highest BCUT2D eigenvalue weighted by atomic mass is 19.4. The number of hydrogen-bond acceptors (Lipinski definition) is 3. The van der Waals surface area contributed by atoms with Gasteiger partial charge >= 0.3 is 6.18 Å². The molecule has 4 nitrogen and oxygen atoms in total. The van der Waals surface area contributed by atoms with Gasteiger partial charge in [-0.05, 0) is 30.2 Å². The van der Waals surface area contributed by atoms with Gasteiger partial charge in [0.2, 0.25) is 0 Å². The van der Waals surface area contributed by atoms with E-state index in [9.17, 15) is 13.2 Å². The molecule has 0 saturated carbocycles. The standard InChI is InChI=1S/C13H15F3N4/c1-8-5-9(13(14,15)16)3-4-10(8)12(19-17)11-6-20(2)7-18-11/h3-7,12,19H,17H2,1-2H3. The molecule has 3 N–H and O–H groups in total. The van der Waals surface area contributed by atoms with Gasteiger partial charge in [0.1, 0.15) is 0 Å². The second kappa shape index (κ2) is 5.26. The first-order valence-electron chi connectivity index (χ1n) is 5.94. The Labute approximate surface area is 114 Å². The maximum Gasteiger partial charge on any atom is 0.416 e. The topological polar surface area (TPSA) is 55.9 Å². The molecule has 0 bridgehead atoms. The summed E-state index contributed by atoms with van der Waals surface area (Å²) in [5, 5.41) is 0. The van der Waals surface area contributed by atoms with Crippen LogP contribution in [0.4, 0.5) is 13.2 Å². The van der Waals surface area contributed by atoms with Crippen molar-refractivity contribution in [2.45, 2.75) is 19.1 Å². The molecule has 1 aromatic heterocycles. The molecular formula is C13H15F3N4. The molecule has 1 heterocycles. The number of nitrogens with zero attached hydrogens (tertiary/aromatic N) is 2. The van der Waals surface area contributed by atoms with Crippen molar-refractivity contribution in [3.8, 4) is 0 Å². The first-order valence-corrected chi connectivity index (χ1v) is 5.94. The number of nitrogens with two attached hydrogens (primary N) is 1. The maximum absolute atomic E-state index is 12.7. The van der Waals surface area contributed by atoms with Gasteiger partial charge < -0.3 is 4.57 Å². The van der Waals surface area contributed by atoms with Crippen LogP contribution in [0.5, 0.6) is 0 Å². The van der Waals surface area contributed by atoms with E-state index in [4.69, 9.17) is 5.84 Å². The van der Waals surface area contributed by atoms with Gasteiger partial charge in [-0.25, -0.2) is 10.4 Å². The summed E-state index contributed by atoms with van der Waals surface area (Å²) in [4.78, 5) is 4.17. The predicted octanol–water partition coefficient (Wildman–Crippen LogP) is 2.30. The van der Waals surface area contributed by atoms with Crippen LogP contribution >= 0.6 is 0 Å². The van der Waals surface area contributed by atoms with Gasteiger partial charge in [0.25, 0.3) is 0 Å². The lowest BCUT2D eigenvalue weighted by molar-refractivity contribution is -0.137. The molecule has 0 aliphatic rings. The smallest absolute Gasteiger partial charge is 0.340 e. The van der Waals surface area contributed by atoms with Crippen LogP contribution in [0.3, 0.4) is 0 Å². The van der Waals surface area contributed by atoms with Crippen LogP contribution in [0, 0.1) is 6.92 Å². The van der Waals surface area contributed by atoms with Crippen LogP contribution in [0.2, 0.25) is 0 Å². The van der Waals surface area contributed by atoms with E-state index in [1.54, 1.807) is 24.0 Å². The summed E-state index contributed by atoms with van der Waals surface area (Å²) >= 11 is 0. The molecule has 20 heavy (non-hydrogen) atoms. The molecule has 2 rings (SSSR count). The van der Waals surface area contributed by atoms with Crippen molar-refractivity contribution in [2.24, 2.45) is 12.9 Å². The number of rotatable bonds is 3. The van der Waals surface area contributed by atoms with E-state index in [0.717, 1.165) is 12.1 Å². The lowest BCUT2D eigenvalue weighted by Crippen LogP contribution is -2.29. The third-order valence-electron chi connectivity index (χ3n) is 3.10. The summed E-state index contributed by atoms with van der Waals surface area (Å²) in [6, 6.07) is 3.15. The number of hydrazine groups is 1. The zero-order valence-electron chi connectivity index (χ0n) is 11.1. The SMILES string of the molecule is Cc1cc(C(F)(F)F)ccc1C(NN)c1cn(C)cn1. The Morgan fingerprint density at radius 3 is 2.50 bits per heavy atom. The molecule has 7 heteroatoms. The van der Waals surface area contributed by atoms with Crippen molar-refractivity contribution in [1.82, 2.24) is 15.0 Å². The molecule has 0 amide bonds. The molecule has 2 aromatic rings. The summed E-state index contributed by atoms with van der Waals surface area (Å²) in [5.74, 6) is 5.52. The number of halogens is 3. The zero-order chi connectivity index (χ0) is 14.9. The van der Waals surface area contributed by atoms with Gasteiger partial charge in [0, 0.05) is 13.2 Å². The third-order valence-corrected chi connectivity index (χ3v) is 3.10. The van der Waals surface area contributed by atoms with Gasteiger partial charge in [-0.1, -0.05) is 6.07 Å². The normalized spacial score (nSPS) is 13.5. The zero-order valence-corrected chi connectivity index (χ0v) is 11.1. The summed E-state index contributed by atoms with van der Waals surface area (Å²) in [7, 11) is 1.81. The second-order valence-corrected chi connectivity index (χ2v) is 4.63. The largest absolute Gasteiger partial charge is 0.416 e. The van der Waals surface area contributed by atoms with Crippen LogP contribution in [-0.2, 0) is 13.2 Å². The Bertz CT molecular complexity index is 604. The highest BCUT2D eigenvalue weighted by molar-refractivity contribution is 5.37. The third kappa shape index (κ3) is 2.83. The number of benzene rings is 1. The minimum atomic E-state index is -4.35. The molecule has 108 valence electrons. The lowest BCUT2D eigenvalue weighted by atomic mass is 9.97. The molecule has 0 fully saturated rings. The van der Waals surface area contributed by atoms with Crippen LogP contribution in [-0.4, -0.2) is 9.55 Å². The Morgan fingerprint density at radius 1 is 1.35 bits per heavy atom. The fourth-order valence-corrected chi connectivity index (χ4v) is 2.09. The van der Waals surface area contributed by atoms with E-state index >= 15 is 0 Å². The fourth-order valence-electron chi connectivity index (χ4n) is 2.09. The summed E-state index contributed by atoms with van der Waals surface area (Å²) in [6.07, 6.45) is -0.972. The number of hydrogen-bond donors (Lipinski definition) is 2. The average Bonchev–Trinajstić information content (AvgIpc) is 2.77. The van der Waals surface area contributed by atoms with E-state index in [1.165, 1.54) is 6.07 Å². The van der Waals surface area contributed by atoms with Crippen molar-refractivity contribution in [3.05, 3.63) is 53.1 Å². The van der Waals surface area contributed by atoms with E-state index in [1.807, 2.05) is 7.05 Å². The first-order chi connectivity index (χ1) is 9.32. The Kier molecular flexibility index (Phi) is 3.82. The van der Waals surface area contributed by atoms with Gasteiger partial charge in [-0.15, -0.1) is 0 Å². The van der Waals surface area contributed by atoms with Crippen molar-refractivity contribution in [2.75, 3.05) is 0 Å². The number of imidazole rings is 1. The first kappa shape index (κ1) is 14.5. The highest BCUT2D eigenvalue weighted by Crippen LogP contribution is 2.32. The monoisotopic (exact) mass is 284 g/mol. The highest BCUT2D eigenvalue weighted by Gasteiger charge is 2.31. The predicted molar refractivity (Wildman–Crippen MR) is 68.6 cm³/mol. The summed E-state index contributed by atoms with van der Waals surface area (Å²) in [5.41, 5.74) is 3.74. The van der Waals surface area contributed by atoms with Crippen LogP contribution in [0.15, 0.2) is 30.7 Å². The molecule has 0 saturated heterocycles. The van der Waals surface area contributed by atoms with Crippen molar-refractivity contribution in [3.63, 3.8) is 0 Å². The maximum atomic E-state index is 12.7. The average molecular weight is 284 g/mol. The number of aryl methyl sites for hydroxylation is 2. The number of alkyl halides is 3. The van der Waals surface area contributed by atoms with Gasteiger partial charge in [-0.2, -0.15) is 13.2 Å². The molecule has 1 unspecified atom stereocenters. The molecule has 0 aliphatic heterocycles. The van der Waals surface area contributed by atoms with Crippen molar-refractivity contribution < 1.29 is 13.2 Å². The molecule has 0 aliphatic carbocycles. The number of aromatic nitrogens is 2. The molecular weight excluding hydrogens is 269 g/mol. The van der Waals surface area contributed by atoms with Gasteiger partial charge in [-0.3, -0.25) is 5.84 Å². The van der Waals surface area contributed by atoms with E-state index in [2.05, 4.69) is 10.4 Å². The summed E-state index contributed by atoms with van der Waals surface area (Å²) < 4.78 is 39.7. The Balaban J connectivity index is 2.41. The molecule has 0 radical (unpaired) electrons. The minimum absolute atomic E-state index is 0.446. The Hall–Kier alpha value is -1.86. The van der Waals surface area contributed by atoms with Crippen molar-refractivity contribution >= 4 is 0 Å². The van der Waals surface area contributed by atoms with Crippen LogP contribution in [0.25, 0.3) is 0 Å². The van der Waals surface area contributed by atoms with E-state index < -0.39 is 17.8 Å². The molecule has 1 atom stereocenters. The van der Waals surface area contributed by atoms with Crippen molar-refractivity contribution in [1.29, 1.82) is 0 Å². The molecule has 0 spiro atoms. The van der Waals surface area contributed by atoms with Gasteiger partial charge in [0.05, 0.1) is 23.6 Å². The second-order valence-electron chi connectivity index (χ2n) is 4.63. The van der Waals surface area contributed by atoms with Gasteiger partial charge in [0.15, 0.2) is 0 Å².